The van der Waals surface area contributed by atoms with Gasteiger partial charge in [0, 0.05) is 25.2 Å². The summed E-state index contributed by atoms with van der Waals surface area (Å²) in [6.45, 7) is 7.90. The Hall–Kier alpha value is -0.120. The zero-order chi connectivity index (χ0) is 10.3. The lowest BCUT2D eigenvalue weighted by Gasteiger charge is -2.37. The summed E-state index contributed by atoms with van der Waals surface area (Å²) in [6, 6.07) is 0. The highest BCUT2D eigenvalue weighted by atomic mass is 16.5. The number of likely N-dealkylation sites (tertiary alicyclic amines) is 2. The van der Waals surface area contributed by atoms with Crippen LogP contribution in [0.15, 0.2) is 0 Å². The summed E-state index contributed by atoms with van der Waals surface area (Å²) in [5, 5.41) is 0. The van der Waals surface area contributed by atoms with Crippen molar-refractivity contribution in [2.75, 3.05) is 33.7 Å². The number of rotatable bonds is 2. The molecule has 0 radical (unpaired) electrons. The van der Waals surface area contributed by atoms with Crippen LogP contribution < -0.4 is 0 Å². The predicted molar refractivity (Wildman–Crippen MR) is 57.5 cm³/mol. The lowest BCUT2D eigenvalue weighted by atomic mass is 10.0. The van der Waals surface area contributed by atoms with Crippen molar-refractivity contribution in [3.05, 3.63) is 0 Å². The number of hydrogen-bond donors (Lipinski definition) is 0. The smallest absolute Gasteiger partial charge is 0.0832 e. The van der Waals surface area contributed by atoms with Crippen molar-refractivity contribution < 1.29 is 4.74 Å². The zero-order valence-electron chi connectivity index (χ0n) is 9.79. The van der Waals surface area contributed by atoms with Gasteiger partial charge in [-0.3, -0.25) is 4.90 Å². The van der Waals surface area contributed by atoms with Crippen LogP contribution in [0.25, 0.3) is 0 Å². The highest BCUT2D eigenvalue weighted by Gasteiger charge is 2.38. The summed E-state index contributed by atoms with van der Waals surface area (Å²) in [6.07, 6.45) is 2.12. The molecule has 0 unspecified atom stereocenters. The van der Waals surface area contributed by atoms with E-state index in [1.807, 2.05) is 0 Å². The molecule has 0 aromatic rings. The highest BCUT2D eigenvalue weighted by Crippen LogP contribution is 2.29. The van der Waals surface area contributed by atoms with Gasteiger partial charge in [-0.25, -0.2) is 0 Å². The fraction of sp³-hybridized carbons (Fsp3) is 1.00. The first-order valence-corrected chi connectivity index (χ1v) is 5.52. The van der Waals surface area contributed by atoms with Crippen molar-refractivity contribution in [3.8, 4) is 0 Å². The van der Waals surface area contributed by atoms with Crippen molar-refractivity contribution in [1.82, 2.24) is 9.80 Å². The maximum Gasteiger partial charge on any atom is 0.0832 e. The second-order valence-corrected chi connectivity index (χ2v) is 5.50. The summed E-state index contributed by atoms with van der Waals surface area (Å²) in [4.78, 5) is 4.70. The van der Waals surface area contributed by atoms with E-state index in [4.69, 9.17) is 4.74 Å². The third kappa shape index (κ3) is 1.95. The van der Waals surface area contributed by atoms with Crippen LogP contribution >= 0.6 is 0 Å². The monoisotopic (exact) mass is 198 g/mol. The molecule has 0 bridgehead atoms. The molecule has 3 nitrogen and oxygen atoms in total. The van der Waals surface area contributed by atoms with Crippen LogP contribution in [0, 0.1) is 0 Å². The van der Waals surface area contributed by atoms with Gasteiger partial charge < -0.3 is 9.64 Å². The lowest BCUT2D eigenvalue weighted by molar-refractivity contribution is -0.0794. The Kier molecular flexibility index (Phi) is 2.58. The van der Waals surface area contributed by atoms with Crippen LogP contribution in [0.3, 0.4) is 0 Å². The van der Waals surface area contributed by atoms with Gasteiger partial charge in [-0.2, -0.15) is 0 Å². The molecule has 1 atom stereocenters. The van der Waals surface area contributed by atoms with E-state index in [1.165, 1.54) is 6.42 Å². The summed E-state index contributed by atoms with van der Waals surface area (Å²) < 4.78 is 6.04. The lowest BCUT2D eigenvalue weighted by Crippen LogP contribution is -2.51. The fourth-order valence-electron chi connectivity index (χ4n) is 2.42. The maximum atomic E-state index is 6.04. The maximum absolute atomic E-state index is 6.04. The molecule has 2 rings (SSSR count). The van der Waals surface area contributed by atoms with Gasteiger partial charge in [0.15, 0.2) is 0 Å². The van der Waals surface area contributed by atoms with Gasteiger partial charge in [0.25, 0.3) is 0 Å². The molecule has 14 heavy (non-hydrogen) atoms. The van der Waals surface area contributed by atoms with Gasteiger partial charge in [-0.15, -0.1) is 0 Å². The Morgan fingerprint density at radius 3 is 2.14 bits per heavy atom. The average molecular weight is 198 g/mol. The first kappa shape index (κ1) is 10.4. The van der Waals surface area contributed by atoms with Crippen molar-refractivity contribution in [2.45, 2.75) is 38.0 Å². The minimum atomic E-state index is 0.320. The molecule has 0 aliphatic carbocycles. The van der Waals surface area contributed by atoms with E-state index in [0.717, 1.165) is 19.6 Å². The van der Waals surface area contributed by atoms with Gasteiger partial charge in [-0.1, -0.05) is 0 Å². The number of ether oxygens (including phenoxy) is 1. The van der Waals surface area contributed by atoms with Crippen LogP contribution in [0.4, 0.5) is 0 Å². The Balaban J connectivity index is 1.79. The topological polar surface area (TPSA) is 15.7 Å². The summed E-state index contributed by atoms with van der Waals surface area (Å²) in [5.74, 6) is 0. The van der Waals surface area contributed by atoms with Crippen molar-refractivity contribution in [1.29, 1.82) is 0 Å². The van der Waals surface area contributed by atoms with E-state index in [1.54, 1.807) is 0 Å². The minimum absolute atomic E-state index is 0.320. The van der Waals surface area contributed by atoms with Crippen molar-refractivity contribution in [2.24, 2.45) is 0 Å². The quantitative estimate of drug-likeness (QED) is 0.653. The summed E-state index contributed by atoms with van der Waals surface area (Å²) in [5.41, 5.74) is 0.320. The Morgan fingerprint density at radius 2 is 1.71 bits per heavy atom. The molecule has 2 saturated heterocycles. The van der Waals surface area contributed by atoms with E-state index in [9.17, 15) is 0 Å². The largest absolute Gasteiger partial charge is 0.371 e. The van der Waals surface area contributed by atoms with Crippen LogP contribution in [-0.4, -0.2) is 61.3 Å². The molecule has 2 fully saturated rings. The third-order valence-corrected chi connectivity index (χ3v) is 3.65. The van der Waals surface area contributed by atoms with Gasteiger partial charge in [0.2, 0.25) is 0 Å². The third-order valence-electron chi connectivity index (χ3n) is 3.65. The average Bonchev–Trinajstić information content (AvgIpc) is 2.23. The molecular weight excluding hydrogens is 176 g/mol. The van der Waals surface area contributed by atoms with E-state index in [-0.39, 0.29) is 0 Å². The van der Waals surface area contributed by atoms with Crippen molar-refractivity contribution >= 4 is 0 Å². The summed E-state index contributed by atoms with van der Waals surface area (Å²) in [7, 11) is 4.33. The number of likely N-dealkylation sites (N-methyl/N-ethyl adjacent to an activating group) is 2. The van der Waals surface area contributed by atoms with Crippen molar-refractivity contribution in [3.63, 3.8) is 0 Å². The Morgan fingerprint density at radius 1 is 1.07 bits per heavy atom. The molecule has 0 amide bonds. The molecule has 0 N–H and O–H groups in total. The second kappa shape index (κ2) is 3.47. The minimum Gasteiger partial charge on any atom is -0.371 e. The van der Waals surface area contributed by atoms with E-state index in [2.05, 4.69) is 37.7 Å². The fourth-order valence-corrected chi connectivity index (χ4v) is 2.42. The molecule has 2 heterocycles. The molecule has 0 aromatic heterocycles. The van der Waals surface area contributed by atoms with Crippen LogP contribution in [0.1, 0.15) is 20.3 Å². The van der Waals surface area contributed by atoms with E-state index in [0.29, 0.717) is 17.7 Å². The Bertz CT molecular complexity index is 211. The molecule has 82 valence electrons. The normalized spacial score (nSPS) is 34.7. The number of nitrogens with zero attached hydrogens (tertiary/aromatic N) is 2. The van der Waals surface area contributed by atoms with E-state index >= 15 is 0 Å². The molecule has 2 aliphatic heterocycles. The molecule has 0 saturated carbocycles. The van der Waals surface area contributed by atoms with E-state index < -0.39 is 0 Å². The SMILES string of the molecule is CN1CC(O[C@H]2CN(C)C(C)(C)C2)C1. The second-order valence-electron chi connectivity index (χ2n) is 5.50. The molecule has 0 aromatic carbocycles. The van der Waals surface area contributed by atoms with Gasteiger partial charge >= 0.3 is 0 Å². The first-order chi connectivity index (χ1) is 6.47. The summed E-state index contributed by atoms with van der Waals surface area (Å²) >= 11 is 0. The number of hydrogen-bond acceptors (Lipinski definition) is 3. The highest BCUT2D eigenvalue weighted by molar-refractivity contribution is 4.93. The Labute approximate surface area is 87.0 Å². The first-order valence-electron chi connectivity index (χ1n) is 5.52. The van der Waals surface area contributed by atoms with Crippen LogP contribution in [-0.2, 0) is 4.74 Å². The van der Waals surface area contributed by atoms with Gasteiger partial charge in [0.1, 0.15) is 0 Å². The van der Waals surface area contributed by atoms with Crippen LogP contribution in [0.2, 0.25) is 0 Å². The van der Waals surface area contributed by atoms with Gasteiger partial charge in [0.05, 0.1) is 12.2 Å². The predicted octanol–water partition coefficient (Wildman–Crippen LogP) is 0.800. The van der Waals surface area contributed by atoms with Crippen LogP contribution in [0.5, 0.6) is 0 Å². The molecule has 0 spiro atoms. The van der Waals surface area contributed by atoms with Gasteiger partial charge in [-0.05, 0) is 34.4 Å². The molecule has 2 aliphatic rings. The molecule has 3 heteroatoms. The standard InChI is InChI=1S/C11H22N2O/c1-11(2)5-9(8-13(11)4)14-10-6-12(3)7-10/h9-10H,5-8H2,1-4H3/t9-/m1/s1. The molecular formula is C11H22N2O. The zero-order valence-corrected chi connectivity index (χ0v) is 9.79.